The van der Waals surface area contributed by atoms with E-state index in [1.54, 1.807) is 0 Å². The molecule has 0 heterocycles. The van der Waals surface area contributed by atoms with Gasteiger partial charge < -0.3 is 5.11 Å². The third-order valence-corrected chi connectivity index (χ3v) is 4.38. The second-order valence-electron chi connectivity index (χ2n) is 5.84. The highest BCUT2D eigenvalue weighted by atomic mass is 16.4. The summed E-state index contributed by atoms with van der Waals surface area (Å²) < 4.78 is 0. The van der Waals surface area contributed by atoms with Crippen LogP contribution < -0.4 is 0 Å². The van der Waals surface area contributed by atoms with E-state index in [0.29, 0.717) is 12.8 Å². The SMILES string of the molecule is CCCC[C@](CCc1ccccc1)(C(=O)O)c1ccccc1. The first-order valence-electron chi connectivity index (χ1n) is 8.02. The number of carboxylic acids is 1. The number of aryl methyl sites for hydroxylation is 1. The summed E-state index contributed by atoms with van der Waals surface area (Å²) in [5, 5.41) is 9.98. The minimum atomic E-state index is -0.785. The first-order valence-corrected chi connectivity index (χ1v) is 8.02. The van der Waals surface area contributed by atoms with Gasteiger partial charge in [0.05, 0.1) is 5.41 Å². The van der Waals surface area contributed by atoms with E-state index in [-0.39, 0.29) is 0 Å². The Labute approximate surface area is 132 Å². The lowest BCUT2D eigenvalue weighted by molar-refractivity contribution is -0.144. The van der Waals surface area contributed by atoms with E-state index < -0.39 is 11.4 Å². The van der Waals surface area contributed by atoms with Crippen molar-refractivity contribution in [3.63, 3.8) is 0 Å². The molecule has 0 amide bonds. The van der Waals surface area contributed by atoms with Crippen LogP contribution in [-0.2, 0) is 16.6 Å². The Hall–Kier alpha value is -2.09. The third-order valence-electron chi connectivity index (χ3n) is 4.38. The number of benzene rings is 2. The van der Waals surface area contributed by atoms with Crippen molar-refractivity contribution in [1.29, 1.82) is 0 Å². The van der Waals surface area contributed by atoms with E-state index in [1.807, 2.05) is 48.5 Å². The van der Waals surface area contributed by atoms with Gasteiger partial charge in [-0.3, -0.25) is 4.79 Å². The van der Waals surface area contributed by atoms with E-state index in [2.05, 4.69) is 19.1 Å². The zero-order valence-corrected chi connectivity index (χ0v) is 13.2. The Morgan fingerprint density at radius 3 is 2.09 bits per heavy atom. The molecule has 1 N–H and O–H groups in total. The van der Waals surface area contributed by atoms with Crippen LogP contribution in [0.4, 0.5) is 0 Å². The minimum Gasteiger partial charge on any atom is -0.481 e. The average Bonchev–Trinajstić information content (AvgIpc) is 2.57. The van der Waals surface area contributed by atoms with Gasteiger partial charge in [-0.15, -0.1) is 0 Å². The molecule has 0 saturated carbocycles. The Kier molecular flexibility index (Phi) is 5.76. The van der Waals surface area contributed by atoms with Crippen LogP contribution in [0.2, 0.25) is 0 Å². The summed E-state index contributed by atoms with van der Waals surface area (Å²) in [6.07, 6.45) is 4.04. The zero-order chi connectivity index (χ0) is 15.8. The van der Waals surface area contributed by atoms with Gasteiger partial charge in [0.15, 0.2) is 0 Å². The molecule has 0 unspecified atom stereocenters. The quantitative estimate of drug-likeness (QED) is 0.757. The van der Waals surface area contributed by atoms with Crippen molar-refractivity contribution in [1.82, 2.24) is 0 Å². The molecule has 2 aromatic carbocycles. The van der Waals surface area contributed by atoms with Crippen molar-refractivity contribution in [2.75, 3.05) is 0 Å². The van der Waals surface area contributed by atoms with Crippen molar-refractivity contribution in [3.05, 3.63) is 71.8 Å². The van der Waals surface area contributed by atoms with E-state index in [4.69, 9.17) is 0 Å². The minimum absolute atomic E-state index is 0.635. The molecule has 116 valence electrons. The summed E-state index contributed by atoms with van der Waals surface area (Å²) in [4.78, 5) is 12.1. The summed E-state index contributed by atoms with van der Waals surface area (Å²) >= 11 is 0. The maximum Gasteiger partial charge on any atom is 0.314 e. The molecule has 0 radical (unpaired) electrons. The highest BCUT2D eigenvalue weighted by molar-refractivity contribution is 5.81. The van der Waals surface area contributed by atoms with Crippen LogP contribution in [0.25, 0.3) is 0 Å². The molecule has 0 aromatic heterocycles. The maximum absolute atomic E-state index is 12.1. The topological polar surface area (TPSA) is 37.3 Å². The van der Waals surface area contributed by atoms with Crippen molar-refractivity contribution >= 4 is 5.97 Å². The fourth-order valence-corrected chi connectivity index (χ4v) is 2.99. The number of rotatable bonds is 8. The summed E-state index contributed by atoms with van der Waals surface area (Å²) in [5.41, 5.74) is 1.33. The van der Waals surface area contributed by atoms with Crippen LogP contribution >= 0.6 is 0 Å². The predicted molar refractivity (Wildman–Crippen MR) is 90.0 cm³/mol. The van der Waals surface area contributed by atoms with Gasteiger partial charge in [-0.2, -0.15) is 0 Å². The average molecular weight is 296 g/mol. The normalized spacial score (nSPS) is 13.5. The Morgan fingerprint density at radius 1 is 0.955 bits per heavy atom. The van der Waals surface area contributed by atoms with Crippen molar-refractivity contribution in [2.45, 2.75) is 44.4 Å². The first-order chi connectivity index (χ1) is 10.7. The molecule has 0 fully saturated rings. The molecule has 1 atom stereocenters. The molecular formula is C20H24O2. The van der Waals surface area contributed by atoms with Crippen LogP contribution in [0, 0.1) is 0 Å². The van der Waals surface area contributed by atoms with Gasteiger partial charge in [-0.05, 0) is 30.4 Å². The van der Waals surface area contributed by atoms with Crippen LogP contribution in [0.3, 0.4) is 0 Å². The van der Waals surface area contributed by atoms with Gasteiger partial charge in [0.25, 0.3) is 0 Å². The molecule has 0 bridgehead atoms. The van der Waals surface area contributed by atoms with Crippen molar-refractivity contribution < 1.29 is 9.90 Å². The summed E-state index contributed by atoms with van der Waals surface area (Å²) in [5.74, 6) is -0.705. The first kappa shape index (κ1) is 16.3. The number of aliphatic carboxylic acids is 1. The van der Waals surface area contributed by atoms with E-state index in [1.165, 1.54) is 5.56 Å². The molecule has 2 heteroatoms. The summed E-state index contributed by atoms with van der Waals surface area (Å²) in [6.45, 7) is 2.11. The second-order valence-corrected chi connectivity index (χ2v) is 5.84. The molecule has 2 aromatic rings. The van der Waals surface area contributed by atoms with Crippen LogP contribution in [0.1, 0.15) is 43.7 Å². The highest BCUT2D eigenvalue weighted by Gasteiger charge is 2.39. The molecule has 22 heavy (non-hydrogen) atoms. The molecular weight excluding hydrogens is 272 g/mol. The number of hydrogen-bond acceptors (Lipinski definition) is 1. The fourth-order valence-electron chi connectivity index (χ4n) is 2.99. The van der Waals surface area contributed by atoms with Gasteiger partial charge in [0, 0.05) is 0 Å². The standard InChI is InChI=1S/C20H24O2/c1-2-3-15-20(19(21)22,18-12-8-5-9-13-18)16-14-17-10-6-4-7-11-17/h4-13H,2-3,14-16H2,1H3,(H,21,22)/t20-/m1/s1. The fraction of sp³-hybridized carbons (Fsp3) is 0.350. The second kappa shape index (κ2) is 7.79. The zero-order valence-electron chi connectivity index (χ0n) is 13.2. The van der Waals surface area contributed by atoms with E-state index >= 15 is 0 Å². The smallest absolute Gasteiger partial charge is 0.314 e. The van der Waals surface area contributed by atoms with Crippen LogP contribution in [-0.4, -0.2) is 11.1 Å². The highest BCUT2D eigenvalue weighted by Crippen LogP contribution is 2.35. The van der Waals surface area contributed by atoms with Crippen molar-refractivity contribution in [3.8, 4) is 0 Å². The predicted octanol–water partition coefficient (Wildman–Crippen LogP) is 4.83. The number of carbonyl (C=O) groups is 1. The van der Waals surface area contributed by atoms with Gasteiger partial charge in [0.1, 0.15) is 0 Å². The summed E-state index contributed by atoms with van der Waals surface area (Å²) in [6, 6.07) is 19.8. The van der Waals surface area contributed by atoms with Gasteiger partial charge >= 0.3 is 5.97 Å². The number of unbranched alkanes of at least 4 members (excludes halogenated alkanes) is 1. The van der Waals surface area contributed by atoms with E-state index in [0.717, 1.165) is 24.8 Å². The largest absolute Gasteiger partial charge is 0.481 e. The van der Waals surface area contributed by atoms with Crippen LogP contribution in [0.15, 0.2) is 60.7 Å². The molecule has 0 aliphatic carbocycles. The van der Waals surface area contributed by atoms with Crippen LogP contribution in [0.5, 0.6) is 0 Å². The Morgan fingerprint density at radius 2 is 1.55 bits per heavy atom. The molecule has 2 rings (SSSR count). The number of hydrogen-bond donors (Lipinski definition) is 1. The molecule has 0 aliphatic rings. The maximum atomic E-state index is 12.1. The number of carboxylic acid groups (broad SMARTS) is 1. The van der Waals surface area contributed by atoms with Gasteiger partial charge in [-0.1, -0.05) is 80.4 Å². The summed E-state index contributed by atoms with van der Waals surface area (Å²) in [7, 11) is 0. The molecule has 2 nitrogen and oxygen atoms in total. The van der Waals surface area contributed by atoms with Crippen molar-refractivity contribution in [2.24, 2.45) is 0 Å². The molecule has 0 saturated heterocycles. The Balaban J connectivity index is 2.29. The third kappa shape index (κ3) is 3.76. The van der Waals surface area contributed by atoms with E-state index in [9.17, 15) is 9.90 Å². The lowest BCUT2D eigenvalue weighted by Gasteiger charge is -2.30. The monoisotopic (exact) mass is 296 g/mol. The van der Waals surface area contributed by atoms with Gasteiger partial charge in [0.2, 0.25) is 0 Å². The van der Waals surface area contributed by atoms with Gasteiger partial charge in [-0.25, -0.2) is 0 Å². The molecule has 0 aliphatic heterocycles. The lowest BCUT2D eigenvalue weighted by Crippen LogP contribution is -2.36. The Bertz CT molecular complexity index is 577. The lowest BCUT2D eigenvalue weighted by atomic mass is 9.72. The molecule has 0 spiro atoms.